The molecule has 4 rings (SSSR count). The summed E-state index contributed by atoms with van der Waals surface area (Å²) >= 11 is 1.72. The summed E-state index contributed by atoms with van der Waals surface area (Å²) in [5, 5.41) is 18.6. The summed E-state index contributed by atoms with van der Waals surface area (Å²) in [6.07, 6.45) is 0.899. The highest BCUT2D eigenvalue weighted by molar-refractivity contribution is 7.09. The van der Waals surface area contributed by atoms with E-state index in [9.17, 15) is 9.90 Å². The molecule has 0 aliphatic carbocycles. The second-order valence-corrected chi connectivity index (χ2v) is 8.47. The van der Waals surface area contributed by atoms with Gasteiger partial charge in [0.2, 0.25) is 0 Å². The van der Waals surface area contributed by atoms with Gasteiger partial charge in [-0.3, -0.25) is 0 Å². The molecule has 1 N–H and O–H groups in total. The number of methoxy groups -OCH3 is 2. The van der Waals surface area contributed by atoms with E-state index in [1.165, 1.54) is 4.88 Å². The summed E-state index contributed by atoms with van der Waals surface area (Å²) in [6.45, 7) is 1.59. The van der Waals surface area contributed by atoms with Crippen molar-refractivity contribution >= 4 is 28.2 Å². The van der Waals surface area contributed by atoms with Crippen molar-refractivity contribution in [3.63, 3.8) is 0 Å². The van der Waals surface area contributed by atoms with Gasteiger partial charge in [0, 0.05) is 41.5 Å². The fourth-order valence-electron chi connectivity index (χ4n) is 3.90. The second-order valence-electron chi connectivity index (χ2n) is 7.44. The maximum atomic E-state index is 12.3. The highest BCUT2D eigenvalue weighted by Gasteiger charge is 2.19. The molecule has 2 aromatic heterocycles. The number of fused-ring (bicyclic) bond motifs is 1. The van der Waals surface area contributed by atoms with Crippen molar-refractivity contribution in [2.75, 3.05) is 20.8 Å². The standard InChI is InChI=1S/C25H26N2O4S/c1-30-18-7-5-17(6-8-18)16-27-23-14-19(31-2)9-10-21(23)22(24(27)25(28)29)15-26-12-11-20-4-3-13-32-20/h3-10,13-14,26H,11-12,15-16H2,1-2H3,(H,28,29)/p-1. The summed E-state index contributed by atoms with van der Waals surface area (Å²) < 4.78 is 12.4. The van der Waals surface area contributed by atoms with Gasteiger partial charge in [0.1, 0.15) is 11.5 Å². The normalized spacial score (nSPS) is 11.1. The Morgan fingerprint density at radius 1 is 1.06 bits per heavy atom. The molecule has 166 valence electrons. The van der Waals surface area contributed by atoms with Gasteiger partial charge in [-0.05, 0) is 47.7 Å². The number of nitrogens with one attached hydrogen (secondary N) is 1. The number of hydrogen-bond acceptors (Lipinski definition) is 6. The van der Waals surface area contributed by atoms with Gasteiger partial charge in [0.05, 0.1) is 31.4 Å². The van der Waals surface area contributed by atoms with Crippen molar-refractivity contribution in [1.29, 1.82) is 0 Å². The number of carboxylic acid groups (broad SMARTS) is 1. The average molecular weight is 450 g/mol. The zero-order valence-electron chi connectivity index (χ0n) is 18.1. The molecule has 0 amide bonds. The number of carbonyl (C=O) groups is 1. The molecular formula is C25H25N2O4S-. The minimum absolute atomic E-state index is 0.188. The van der Waals surface area contributed by atoms with Crippen LogP contribution in [0.2, 0.25) is 0 Å². The molecule has 0 atom stereocenters. The first kappa shape index (κ1) is 21.9. The number of aromatic carboxylic acids is 1. The molecule has 0 spiro atoms. The number of ether oxygens (including phenoxy) is 2. The Morgan fingerprint density at radius 2 is 1.81 bits per heavy atom. The lowest BCUT2D eigenvalue weighted by atomic mass is 10.1. The van der Waals surface area contributed by atoms with E-state index < -0.39 is 5.97 Å². The molecule has 6 nitrogen and oxygen atoms in total. The Balaban J connectivity index is 1.69. The van der Waals surface area contributed by atoms with E-state index in [2.05, 4.69) is 16.8 Å². The van der Waals surface area contributed by atoms with Crippen molar-refractivity contribution in [2.24, 2.45) is 0 Å². The van der Waals surface area contributed by atoms with Crippen LogP contribution in [0.5, 0.6) is 11.5 Å². The third kappa shape index (κ3) is 4.64. The number of rotatable bonds is 10. The maximum absolute atomic E-state index is 12.3. The molecule has 0 unspecified atom stereocenters. The first-order valence-corrected chi connectivity index (χ1v) is 11.2. The highest BCUT2D eigenvalue weighted by Crippen LogP contribution is 2.30. The van der Waals surface area contributed by atoms with Gasteiger partial charge in [0.25, 0.3) is 0 Å². The molecule has 2 aromatic carbocycles. The van der Waals surface area contributed by atoms with Crippen molar-refractivity contribution in [2.45, 2.75) is 19.5 Å². The van der Waals surface area contributed by atoms with Gasteiger partial charge in [-0.15, -0.1) is 11.3 Å². The molecule has 32 heavy (non-hydrogen) atoms. The first-order chi connectivity index (χ1) is 15.6. The van der Waals surface area contributed by atoms with Crippen molar-refractivity contribution in [3.05, 3.63) is 81.7 Å². The van der Waals surface area contributed by atoms with Crippen LogP contribution in [-0.2, 0) is 19.5 Å². The number of aromatic nitrogens is 1. The maximum Gasteiger partial charge on any atom is 0.120 e. The zero-order chi connectivity index (χ0) is 22.5. The van der Waals surface area contributed by atoms with Crippen LogP contribution in [0, 0.1) is 0 Å². The molecular weight excluding hydrogens is 424 g/mol. The number of thiophene rings is 1. The predicted octanol–water partition coefficient (Wildman–Crippen LogP) is 3.46. The van der Waals surface area contributed by atoms with Gasteiger partial charge in [-0.1, -0.05) is 18.2 Å². The molecule has 2 heterocycles. The average Bonchev–Trinajstić information content (AvgIpc) is 3.43. The fourth-order valence-corrected chi connectivity index (χ4v) is 4.61. The third-order valence-corrected chi connectivity index (χ3v) is 6.44. The van der Waals surface area contributed by atoms with Crippen LogP contribution in [0.1, 0.15) is 26.5 Å². The quantitative estimate of drug-likeness (QED) is 0.375. The van der Waals surface area contributed by atoms with E-state index >= 15 is 0 Å². The van der Waals surface area contributed by atoms with Crippen LogP contribution in [0.4, 0.5) is 0 Å². The van der Waals surface area contributed by atoms with Crippen molar-refractivity contribution < 1.29 is 19.4 Å². The minimum Gasteiger partial charge on any atom is -0.543 e. The Hall–Kier alpha value is -3.29. The lowest BCUT2D eigenvalue weighted by Crippen LogP contribution is -2.28. The van der Waals surface area contributed by atoms with Crippen LogP contribution in [0.15, 0.2) is 60.0 Å². The van der Waals surface area contributed by atoms with Crippen LogP contribution in [-0.4, -0.2) is 31.3 Å². The van der Waals surface area contributed by atoms with E-state index in [4.69, 9.17) is 9.47 Å². The lowest BCUT2D eigenvalue weighted by molar-refractivity contribution is -0.255. The molecule has 4 aromatic rings. The van der Waals surface area contributed by atoms with E-state index in [0.717, 1.165) is 40.7 Å². The number of carbonyl (C=O) groups excluding carboxylic acids is 1. The molecule has 7 heteroatoms. The van der Waals surface area contributed by atoms with Gasteiger partial charge < -0.3 is 29.3 Å². The van der Waals surface area contributed by atoms with Crippen molar-refractivity contribution in [3.8, 4) is 11.5 Å². The van der Waals surface area contributed by atoms with Gasteiger partial charge in [0.15, 0.2) is 0 Å². The number of benzene rings is 2. The Kier molecular flexibility index (Phi) is 6.78. The van der Waals surface area contributed by atoms with E-state index in [1.807, 2.05) is 48.5 Å². The van der Waals surface area contributed by atoms with Gasteiger partial charge in [-0.2, -0.15) is 0 Å². The monoisotopic (exact) mass is 449 g/mol. The largest absolute Gasteiger partial charge is 0.543 e. The van der Waals surface area contributed by atoms with Gasteiger partial charge in [-0.25, -0.2) is 0 Å². The van der Waals surface area contributed by atoms with Crippen LogP contribution < -0.4 is 19.9 Å². The summed E-state index contributed by atoms with van der Waals surface area (Å²) in [5.41, 5.74) is 2.68. The molecule has 0 fully saturated rings. The van der Waals surface area contributed by atoms with Crippen LogP contribution in [0.25, 0.3) is 10.9 Å². The Bertz CT molecular complexity index is 1200. The first-order valence-electron chi connectivity index (χ1n) is 10.4. The smallest absolute Gasteiger partial charge is 0.120 e. The van der Waals surface area contributed by atoms with E-state index in [-0.39, 0.29) is 5.69 Å². The van der Waals surface area contributed by atoms with Crippen LogP contribution in [0.3, 0.4) is 0 Å². The summed E-state index contributed by atoms with van der Waals surface area (Å²) in [5.74, 6) is 0.236. The Morgan fingerprint density at radius 3 is 2.47 bits per heavy atom. The number of nitrogens with zero attached hydrogens (tertiary/aromatic N) is 1. The lowest BCUT2D eigenvalue weighted by Gasteiger charge is -2.14. The van der Waals surface area contributed by atoms with E-state index in [1.54, 1.807) is 30.1 Å². The van der Waals surface area contributed by atoms with Crippen molar-refractivity contribution in [1.82, 2.24) is 9.88 Å². The molecule has 0 radical (unpaired) electrons. The molecule has 0 aliphatic rings. The van der Waals surface area contributed by atoms with E-state index in [0.29, 0.717) is 18.8 Å². The summed E-state index contributed by atoms with van der Waals surface area (Å²) in [4.78, 5) is 13.6. The predicted molar refractivity (Wildman–Crippen MR) is 125 cm³/mol. The molecule has 0 aliphatic heterocycles. The number of carboxylic acids is 1. The number of hydrogen-bond donors (Lipinski definition) is 1. The third-order valence-electron chi connectivity index (χ3n) is 5.50. The highest BCUT2D eigenvalue weighted by atomic mass is 32.1. The SMILES string of the molecule is COc1ccc(Cn2c(C(=O)[O-])c(CNCCc3cccs3)c3ccc(OC)cc32)cc1. The zero-order valence-corrected chi connectivity index (χ0v) is 18.9. The second kappa shape index (κ2) is 9.89. The summed E-state index contributed by atoms with van der Waals surface area (Å²) in [7, 11) is 3.22. The van der Waals surface area contributed by atoms with Crippen LogP contribution >= 0.6 is 11.3 Å². The molecule has 0 saturated carbocycles. The Labute approximate surface area is 191 Å². The topological polar surface area (TPSA) is 75.5 Å². The van der Waals surface area contributed by atoms with Gasteiger partial charge >= 0.3 is 0 Å². The fraction of sp³-hybridized carbons (Fsp3) is 0.240. The minimum atomic E-state index is -1.19. The summed E-state index contributed by atoms with van der Waals surface area (Å²) in [6, 6.07) is 17.4. The molecule has 0 saturated heterocycles. The molecule has 0 bridgehead atoms.